The Kier molecular flexibility index (Phi) is 6.37. The summed E-state index contributed by atoms with van der Waals surface area (Å²) >= 11 is 0. The van der Waals surface area contributed by atoms with Gasteiger partial charge in [-0.25, -0.2) is 4.39 Å². The summed E-state index contributed by atoms with van der Waals surface area (Å²) in [5.41, 5.74) is -1.78. The van der Waals surface area contributed by atoms with Gasteiger partial charge in [-0.2, -0.15) is 13.2 Å². The van der Waals surface area contributed by atoms with Crippen LogP contribution in [0.4, 0.5) is 28.9 Å². The number of nitrogens with one attached hydrogen (secondary N) is 3. The number of hydrogen-bond acceptors (Lipinski definition) is 3. The molecule has 1 aromatic heterocycles. The molecule has 2 amide bonds. The molecule has 0 saturated heterocycles. The van der Waals surface area contributed by atoms with Crippen LogP contribution in [0.1, 0.15) is 21.5 Å². The standard InChI is InChI=1S/C25H17F4N3O3/c26-19-6-1-2-7-20(19)31-21(33)12-14-8-10-16(11-9-14)30-23(34)17-13-15-4-3-5-18(25(27,28)29)22(15)32-24(17)35/h1-11,13H,12H2,(H,30,34)(H,31,33)(H,32,35). The van der Waals surface area contributed by atoms with E-state index in [1.54, 1.807) is 18.2 Å². The van der Waals surface area contributed by atoms with Crippen LogP contribution in [-0.2, 0) is 17.4 Å². The van der Waals surface area contributed by atoms with E-state index in [1.807, 2.05) is 0 Å². The summed E-state index contributed by atoms with van der Waals surface area (Å²) in [5.74, 6) is -1.80. The third-order valence-electron chi connectivity index (χ3n) is 5.15. The molecule has 178 valence electrons. The Morgan fingerprint density at radius 2 is 1.60 bits per heavy atom. The van der Waals surface area contributed by atoms with Gasteiger partial charge in [0.05, 0.1) is 23.2 Å². The van der Waals surface area contributed by atoms with Crippen molar-refractivity contribution in [1.29, 1.82) is 0 Å². The first-order chi connectivity index (χ1) is 16.6. The first-order valence-corrected chi connectivity index (χ1v) is 10.3. The summed E-state index contributed by atoms with van der Waals surface area (Å²) in [7, 11) is 0. The molecule has 1 heterocycles. The highest BCUT2D eigenvalue weighted by Crippen LogP contribution is 2.33. The van der Waals surface area contributed by atoms with Gasteiger partial charge < -0.3 is 15.6 Å². The van der Waals surface area contributed by atoms with Crippen LogP contribution in [0.15, 0.2) is 77.6 Å². The van der Waals surface area contributed by atoms with Crippen LogP contribution in [0.5, 0.6) is 0 Å². The number of pyridine rings is 1. The van der Waals surface area contributed by atoms with Crippen LogP contribution >= 0.6 is 0 Å². The second-order valence-electron chi connectivity index (χ2n) is 7.64. The molecule has 0 aliphatic rings. The predicted molar refractivity (Wildman–Crippen MR) is 123 cm³/mol. The molecule has 35 heavy (non-hydrogen) atoms. The largest absolute Gasteiger partial charge is 0.418 e. The van der Waals surface area contributed by atoms with Crippen LogP contribution in [0.2, 0.25) is 0 Å². The minimum absolute atomic E-state index is 0.0472. The number of aromatic amines is 1. The maximum atomic E-state index is 13.7. The molecule has 0 unspecified atom stereocenters. The molecule has 0 spiro atoms. The number of rotatable bonds is 5. The maximum Gasteiger partial charge on any atom is 0.418 e. The van der Waals surface area contributed by atoms with E-state index in [0.717, 1.165) is 12.1 Å². The number of H-pyrrole nitrogens is 1. The van der Waals surface area contributed by atoms with Crippen molar-refractivity contribution in [3.8, 4) is 0 Å². The topological polar surface area (TPSA) is 91.1 Å². The van der Waals surface area contributed by atoms with Crippen molar-refractivity contribution in [1.82, 2.24) is 4.98 Å². The molecule has 4 rings (SSSR count). The maximum absolute atomic E-state index is 13.7. The van der Waals surface area contributed by atoms with E-state index < -0.39 is 40.4 Å². The number of alkyl halides is 3. The molecule has 10 heteroatoms. The van der Waals surface area contributed by atoms with Crippen molar-refractivity contribution in [2.24, 2.45) is 0 Å². The van der Waals surface area contributed by atoms with E-state index in [-0.39, 0.29) is 23.1 Å². The zero-order valence-electron chi connectivity index (χ0n) is 17.9. The van der Waals surface area contributed by atoms with E-state index in [2.05, 4.69) is 15.6 Å². The second-order valence-corrected chi connectivity index (χ2v) is 7.64. The quantitative estimate of drug-likeness (QED) is 0.344. The van der Waals surface area contributed by atoms with Gasteiger partial charge in [0.15, 0.2) is 0 Å². The van der Waals surface area contributed by atoms with Crippen LogP contribution in [0, 0.1) is 5.82 Å². The van der Waals surface area contributed by atoms with Crippen LogP contribution in [-0.4, -0.2) is 16.8 Å². The molecular weight excluding hydrogens is 466 g/mol. The van der Waals surface area contributed by atoms with Gasteiger partial charge in [-0.15, -0.1) is 0 Å². The monoisotopic (exact) mass is 483 g/mol. The predicted octanol–water partition coefficient (Wildman–Crippen LogP) is 5.12. The van der Waals surface area contributed by atoms with Crippen molar-refractivity contribution in [2.45, 2.75) is 12.6 Å². The van der Waals surface area contributed by atoms with E-state index in [4.69, 9.17) is 0 Å². The molecule has 0 saturated carbocycles. The number of carbonyl (C=O) groups is 2. The van der Waals surface area contributed by atoms with Crippen molar-refractivity contribution in [3.05, 3.63) is 106 Å². The lowest BCUT2D eigenvalue weighted by Crippen LogP contribution is -2.23. The normalized spacial score (nSPS) is 11.3. The van der Waals surface area contributed by atoms with Crippen molar-refractivity contribution >= 4 is 34.1 Å². The highest BCUT2D eigenvalue weighted by Gasteiger charge is 2.33. The number of fused-ring (bicyclic) bond motifs is 1. The fourth-order valence-corrected chi connectivity index (χ4v) is 3.48. The number of anilines is 2. The van der Waals surface area contributed by atoms with Gasteiger partial charge in [-0.05, 0) is 47.3 Å². The van der Waals surface area contributed by atoms with Crippen LogP contribution in [0.3, 0.4) is 0 Å². The molecule has 0 fully saturated rings. The van der Waals surface area contributed by atoms with Crippen LogP contribution in [0.25, 0.3) is 10.9 Å². The molecule has 0 aliphatic carbocycles. The van der Waals surface area contributed by atoms with Crippen molar-refractivity contribution in [3.63, 3.8) is 0 Å². The minimum atomic E-state index is -4.67. The number of aromatic nitrogens is 1. The smallest absolute Gasteiger partial charge is 0.323 e. The Morgan fingerprint density at radius 3 is 2.29 bits per heavy atom. The highest BCUT2D eigenvalue weighted by atomic mass is 19.4. The lowest BCUT2D eigenvalue weighted by molar-refractivity contribution is -0.136. The molecule has 4 aromatic rings. The van der Waals surface area contributed by atoms with Crippen molar-refractivity contribution in [2.75, 3.05) is 10.6 Å². The van der Waals surface area contributed by atoms with Gasteiger partial charge in [-0.1, -0.05) is 36.4 Å². The first kappa shape index (κ1) is 23.7. The third-order valence-corrected chi connectivity index (χ3v) is 5.15. The fourth-order valence-electron chi connectivity index (χ4n) is 3.48. The Hall–Kier alpha value is -4.47. The SMILES string of the molecule is O=C(Cc1ccc(NC(=O)c2cc3cccc(C(F)(F)F)c3[nH]c2=O)cc1)Nc1ccccc1F. The van der Waals surface area contributed by atoms with Gasteiger partial charge in [0.1, 0.15) is 11.4 Å². The number of benzene rings is 3. The van der Waals surface area contributed by atoms with Crippen LogP contribution < -0.4 is 16.2 Å². The Balaban J connectivity index is 1.46. The van der Waals surface area contributed by atoms with Gasteiger partial charge in [-0.3, -0.25) is 14.4 Å². The summed E-state index contributed by atoms with van der Waals surface area (Å²) in [6.45, 7) is 0. The second kappa shape index (κ2) is 9.41. The van der Waals surface area contributed by atoms with E-state index in [9.17, 15) is 31.9 Å². The lowest BCUT2D eigenvalue weighted by Gasteiger charge is -2.11. The van der Waals surface area contributed by atoms with Gasteiger partial charge in [0.2, 0.25) is 5.91 Å². The lowest BCUT2D eigenvalue weighted by atomic mass is 10.1. The summed E-state index contributed by atoms with van der Waals surface area (Å²) < 4.78 is 53.2. The highest BCUT2D eigenvalue weighted by molar-refractivity contribution is 6.06. The molecule has 0 aliphatic heterocycles. The van der Waals surface area contributed by atoms with Gasteiger partial charge in [0.25, 0.3) is 11.5 Å². The molecule has 0 atom stereocenters. The number of amides is 2. The van der Waals surface area contributed by atoms with Gasteiger partial charge in [0, 0.05) is 5.69 Å². The Morgan fingerprint density at radius 1 is 0.886 bits per heavy atom. The average Bonchev–Trinajstić information content (AvgIpc) is 2.80. The summed E-state index contributed by atoms with van der Waals surface area (Å²) in [4.78, 5) is 39.2. The molecule has 3 aromatic carbocycles. The zero-order valence-corrected chi connectivity index (χ0v) is 17.9. The molecular formula is C25H17F4N3O3. The van der Waals surface area contributed by atoms with E-state index in [0.29, 0.717) is 11.3 Å². The summed E-state index contributed by atoms with van der Waals surface area (Å²) in [5, 5.41) is 5.03. The average molecular weight is 483 g/mol. The number of halogens is 4. The fraction of sp³-hybridized carbons (Fsp3) is 0.0800. The first-order valence-electron chi connectivity index (χ1n) is 10.3. The van der Waals surface area contributed by atoms with E-state index in [1.165, 1.54) is 42.5 Å². The molecule has 6 nitrogen and oxygen atoms in total. The zero-order chi connectivity index (χ0) is 25.2. The number of para-hydroxylation sites is 2. The molecule has 0 bridgehead atoms. The Labute approximate surface area is 195 Å². The van der Waals surface area contributed by atoms with E-state index >= 15 is 0 Å². The number of carbonyl (C=O) groups excluding carboxylic acids is 2. The molecule has 0 radical (unpaired) electrons. The third kappa shape index (κ3) is 5.37. The minimum Gasteiger partial charge on any atom is -0.323 e. The van der Waals surface area contributed by atoms with Gasteiger partial charge >= 0.3 is 6.18 Å². The summed E-state index contributed by atoms with van der Waals surface area (Å²) in [6.07, 6.45) is -4.71. The Bertz CT molecular complexity index is 1480. The molecule has 3 N–H and O–H groups in total. The summed E-state index contributed by atoms with van der Waals surface area (Å²) in [6, 6.07) is 16.4. The van der Waals surface area contributed by atoms with Crippen molar-refractivity contribution < 1.29 is 27.2 Å². The number of hydrogen-bond donors (Lipinski definition) is 3.